The van der Waals surface area contributed by atoms with Gasteiger partial charge in [0.25, 0.3) is 0 Å². The van der Waals surface area contributed by atoms with Gasteiger partial charge in [-0.25, -0.2) is 0 Å². The molecule has 0 amide bonds. The molecule has 3 nitrogen and oxygen atoms in total. The van der Waals surface area contributed by atoms with E-state index in [-0.39, 0.29) is 4.99 Å². The van der Waals surface area contributed by atoms with Crippen molar-refractivity contribution in [2.45, 2.75) is 20.5 Å². The Morgan fingerprint density at radius 3 is 2.67 bits per heavy atom. The first kappa shape index (κ1) is 18.2. The van der Waals surface area contributed by atoms with Crippen molar-refractivity contribution in [3.8, 4) is 11.8 Å². The molecule has 2 aromatic rings. The minimum absolute atomic E-state index is 0.101. The molecule has 122 valence electrons. The number of hydrogen-bond acceptors (Lipinski definition) is 3. The number of nitrogens with two attached hydrogens (primary N) is 1. The van der Waals surface area contributed by atoms with Crippen LogP contribution in [-0.4, -0.2) is 4.99 Å². The molecule has 0 bridgehead atoms. The van der Waals surface area contributed by atoms with Gasteiger partial charge in [-0.2, -0.15) is 5.26 Å². The van der Waals surface area contributed by atoms with E-state index < -0.39 is 0 Å². The van der Waals surface area contributed by atoms with Gasteiger partial charge in [-0.15, -0.1) is 0 Å². The van der Waals surface area contributed by atoms with Crippen LogP contribution in [-0.2, 0) is 6.61 Å². The number of para-hydroxylation sites is 1. The number of ether oxygens (including phenoxy) is 1. The normalized spacial score (nSPS) is 11.0. The van der Waals surface area contributed by atoms with Crippen molar-refractivity contribution in [2.24, 2.45) is 5.73 Å². The van der Waals surface area contributed by atoms with Crippen molar-refractivity contribution < 1.29 is 4.74 Å². The second-order valence-corrected chi connectivity index (χ2v) is 6.69. The van der Waals surface area contributed by atoms with E-state index in [0.717, 1.165) is 32.5 Å². The minimum atomic E-state index is 0.101. The maximum absolute atomic E-state index is 9.15. The fourth-order valence-corrected chi connectivity index (χ4v) is 2.80. The van der Waals surface area contributed by atoms with Crippen LogP contribution >= 0.6 is 28.1 Å². The van der Waals surface area contributed by atoms with Gasteiger partial charge in [0.2, 0.25) is 0 Å². The molecule has 0 atom stereocenters. The van der Waals surface area contributed by atoms with Gasteiger partial charge >= 0.3 is 0 Å². The standard InChI is InChI=1S/C19H17BrN2OS/c1-12-7-14(9-15(10-21)19(22)24)13(2)16(8-12)11-23-18-6-4-3-5-17(18)20/h3-9H,11H2,1-2H3,(H2,22,24)/b15-9+. The lowest BCUT2D eigenvalue weighted by atomic mass is 9.98. The molecular weight excluding hydrogens is 384 g/mol. The molecule has 0 saturated heterocycles. The molecule has 0 aliphatic heterocycles. The predicted octanol–water partition coefficient (Wildman–Crippen LogP) is 4.84. The quantitative estimate of drug-likeness (QED) is 0.443. The zero-order chi connectivity index (χ0) is 17.7. The highest BCUT2D eigenvalue weighted by Crippen LogP contribution is 2.26. The van der Waals surface area contributed by atoms with E-state index in [9.17, 15) is 0 Å². The van der Waals surface area contributed by atoms with Gasteiger partial charge in [-0.3, -0.25) is 0 Å². The molecule has 0 aromatic heterocycles. The van der Waals surface area contributed by atoms with E-state index in [1.54, 1.807) is 6.08 Å². The van der Waals surface area contributed by atoms with Crippen LogP contribution in [0.5, 0.6) is 5.75 Å². The van der Waals surface area contributed by atoms with E-state index in [0.29, 0.717) is 12.2 Å². The fourth-order valence-electron chi connectivity index (χ4n) is 2.29. The molecule has 0 fully saturated rings. The number of benzene rings is 2. The summed E-state index contributed by atoms with van der Waals surface area (Å²) in [6, 6.07) is 13.8. The highest BCUT2D eigenvalue weighted by molar-refractivity contribution is 9.10. The van der Waals surface area contributed by atoms with E-state index >= 15 is 0 Å². The summed E-state index contributed by atoms with van der Waals surface area (Å²) in [6.45, 7) is 4.44. The lowest BCUT2D eigenvalue weighted by Crippen LogP contribution is -2.10. The molecule has 0 heterocycles. The van der Waals surface area contributed by atoms with E-state index in [2.05, 4.69) is 22.0 Å². The highest BCUT2D eigenvalue weighted by atomic mass is 79.9. The van der Waals surface area contributed by atoms with Crippen molar-refractivity contribution in [1.82, 2.24) is 0 Å². The second kappa shape index (κ2) is 8.09. The van der Waals surface area contributed by atoms with Crippen LogP contribution in [0.3, 0.4) is 0 Å². The molecular formula is C19H17BrN2OS. The fraction of sp³-hybridized carbons (Fsp3) is 0.158. The highest BCUT2D eigenvalue weighted by Gasteiger charge is 2.09. The summed E-state index contributed by atoms with van der Waals surface area (Å²) in [5.74, 6) is 0.788. The number of thiocarbonyl (C=S) groups is 1. The first-order valence-corrected chi connectivity index (χ1v) is 8.51. The Bertz CT molecular complexity index is 853. The molecule has 0 aliphatic carbocycles. The first-order valence-electron chi connectivity index (χ1n) is 7.31. The van der Waals surface area contributed by atoms with Gasteiger partial charge in [0.1, 0.15) is 23.4 Å². The van der Waals surface area contributed by atoms with Crippen molar-refractivity contribution in [1.29, 1.82) is 5.26 Å². The summed E-state index contributed by atoms with van der Waals surface area (Å²) in [5.41, 5.74) is 9.98. The van der Waals surface area contributed by atoms with E-state index in [1.165, 1.54) is 0 Å². The third-order valence-electron chi connectivity index (χ3n) is 3.61. The van der Waals surface area contributed by atoms with Gasteiger partial charge in [-0.05, 0) is 64.7 Å². The molecule has 2 N–H and O–H groups in total. The molecule has 0 aliphatic rings. The SMILES string of the molecule is Cc1cc(/C=C(\C#N)C(N)=S)c(C)c(COc2ccccc2Br)c1. The van der Waals surface area contributed by atoms with Gasteiger partial charge < -0.3 is 10.5 Å². The van der Waals surface area contributed by atoms with Crippen LogP contribution < -0.4 is 10.5 Å². The van der Waals surface area contributed by atoms with Crippen LogP contribution in [0.4, 0.5) is 0 Å². The molecule has 5 heteroatoms. The van der Waals surface area contributed by atoms with E-state index in [4.69, 9.17) is 28.0 Å². The summed E-state index contributed by atoms with van der Waals surface area (Å²) in [4.78, 5) is 0.101. The van der Waals surface area contributed by atoms with Gasteiger partial charge in [-0.1, -0.05) is 42.0 Å². The molecule has 0 radical (unpaired) electrons. The van der Waals surface area contributed by atoms with Gasteiger partial charge in [0, 0.05) is 0 Å². The van der Waals surface area contributed by atoms with Gasteiger partial charge in [0.15, 0.2) is 0 Å². The van der Waals surface area contributed by atoms with Crippen molar-refractivity contribution in [3.05, 3.63) is 68.7 Å². The Hall–Kier alpha value is -2.16. The lowest BCUT2D eigenvalue weighted by Gasteiger charge is -2.13. The summed E-state index contributed by atoms with van der Waals surface area (Å²) in [5, 5.41) is 9.15. The van der Waals surface area contributed by atoms with Crippen molar-refractivity contribution >= 4 is 39.2 Å². The summed E-state index contributed by atoms with van der Waals surface area (Å²) in [7, 11) is 0. The van der Waals surface area contributed by atoms with Gasteiger partial charge in [0.05, 0.1) is 10.0 Å². The Morgan fingerprint density at radius 1 is 1.33 bits per heavy atom. The third kappa shape index (κ3) is 4.44. The summed E-state index contributed by atoms with van der Waals surface area (Å²) < 4.78 is 6.82. The Labute approximate surface area is 155 Å². The number of aryl methyl sites for hydroxylation is 1. The number of nitriles is 1. The largest absolute Gasteiger partial charge is 0.488 e. The monoisotopic (exact) mass is 400 g/mol. The molecule has 0 spiro atoms. The predicted molar refractivity (Wildman–Crippen MR) is 105 cm³/mol. The molecule has 0 saturated carbocycles. The maximum Gasteiger partial charge on any atom is 0.133 e. The molecule has 0 unspecified atom stereocenters. The number of nitrogens with zero attached hydrogens (tertiary/aromatic N) is 1. The molecule has 24 heavy (non-hydrogen) atoms. The third-order valence-corrected chi connectivity index (χ3v) is 4.48. The van der Waals surface area contributed by atoms with Crippen LogP contribution in [0.2, 0.25) is 0 Å². The van der Waals surface area contributed by atoms with Crippen LogP contribution in [0, 0.1) is 25.2 Å². The Balaban J connectivity index is 2.34. The lowest BCUT2D eigenvalue weighted by molar-refractivity contribution is 0.303. The number of halogens is 1. The minimum Gasteiger partial charge on any atom is -0.488 e. The van der Waals surface area contributed by atoms with Crippen LogP contribution in [0.1, 0.15) is 22.3 Å². The number of hydrogen-bond donors (Lipinski definition) is 1. The first-order chi connectivity index (χ1) is 11.4. The molecule has 2 aromatic carbocycles. The summed E-state index contributed by atoms with van der Waals surface area (Å²) >= 11 is 8.39. The van der Waals surface area contributed by atoms with Crippen molar-refractivity contribution in [2.75, 3.05) is 0 Å². The summed E-state index contributed by atoms with van der Waals surface area (Å²) in [6.07, 6.45) is 1.73. The average molecular weight is 401 g/mol. The smallest absolute Gasteiger partial charge is 0.133 e. The second-order valence-electron chi connectivity index (χ2n) is 5.39. The van der Waals surface area contributed by atoms with Crippen LogP contribution in [0.15, 0.2) is 46.4 Å². The topological polar surface area (TPSA) is 59.0 Å². The number of rotatable bonds is 5. The molecule has 2 rings (SSSR count). The average Bonchev–Trinajstić information content (AvgIpc) is 2.54. The van der Waals surface area contributed by atoms with Crippen LogP contribution in [0.25, 0.3) is 6.08 Å². The zero-order valence-electron chi connectivity index (χ0n) is 13.5. The Morgan fingerprint density at radius 2 is 2.04 bits per heavy atom. The van der Waals surface area contributed by atoms with E-state index in [1.807, 2.05) is 50.2 Å². The maximum atomic E-state index is 9.15. The zero-order valence-corrected chi connectivity index (χ0v) is 15.9. The van der Waals surface area contributed by atoms with Crippen molar-refractivity contribution in [3.63, 3.8) is 0 Å². The Kier molecular flexibility index (Phi) is 6.13.